The first-order valence-electron chi connectivity index (χ1n) is 18.7. The summed E-state index contributed by atoms with van der Waals surface area (Å²) < 4.78 is 8.77. The van der Waals surface area contributed by atoms with Gasteiger partial charge in [0, 0.05) is 49.9 Å². The summed E-state index contributed by atoms with van der Waals surface area (Å²) >= 11 is 0. The molecule has 10 rings (SSSR count). The van der Waals surface area contributed by atoms with Gasteiger partial charge in [-0.3, -0.25) is 0 Å². The Hall–Kier alpha value is -6.85. The minimum atomic E-state index is 0.636. The molecule has 5 nitrogen and oxygen atoms in total. The van der Waals surface area contributed by atoms with E-state index >= 15 is 0 Å². The second-order valence-corrected chi connectivity index (χ2v) is 13.9. The highest BCUT2D eigenvalue weighted by atomic mass is 16.3. The number of aryl methyl sites for hydroxylation is 1. The van der Waals surface area contributed by atoms with Crippen LogP contribution in [0.5, 0.6) is 0 Å². The monoisotopic (exact) mass is 696 g/mol. The third-order valence-corrected chi connectivity index (χ3v) is 10.4. The number of hydrogen-bond donors (Lipinski definition) is 0. The van der Waals surface area contributed by atoms with Crippen LogP contribution in [0.4, 0.5) is 0 Å². The zero-order chi connectivity index (χ0) is 36.0. The number of aromatic nitrogens is 4. The van der Waals surface area contributed by atoms with E-state index in [2.05, 4.69) is 133 Å². The molecule has 7 aromatic carbocycles. The van der Waals surface area contributed by atoms with E-state index in [-0.39, 0.29) is 0 Å². The Kier molecular flexibility index (Phi) is 7.84. The number of rotatable bonds is 8. The van der Waals surface area contributed by atoms with Gasteiger partial charge >= 0.3 is 0 Å². The van der Waals surface area contributed by atoms with Gasteiger partial charge in [-0.1, -0.05) is 141 Å². The fourth-order valence-electron chi connectivity index (χ4n) is 7.74. The van der Waals surface area contributed by atoms with Crippen molar-refractivity contribution in [2.24, 2.45) is 0 Å². The Morgan fingerprint density at radius 3 is 1.93 bits per heavy atom. The maximum Gasteiger partial charge on any atom is 0.164 e. The van der Waals surface area contributed by atoms with Gasteiger partial charge in [-0.2, -0.15) is 0 Å². The van der Waals surface area contributed by atoms with E-state index in [1.807, 2.05) is 42.5 Å². The molecule has 0 amide bonds. The number of furan rings is 1. The highest BCUT2D eigenvalue weighted by Crippen LogP contribution is 2.40. The molecule has 5 heteroatoms. The Labute approximate surface area is 313 Å². The summed E-state index contributed by atoms with van der Waals surface area (Å²) in [6.45, 7) is 2.23. The Balaban J connectivity index is 1.12. The van der Waals surface area contributed by atoms with Crippen molar-refractivity contribution in [2.45, 2.75) is 26.2 Å². The van der Waals surface area contributed by atoms with Crippen LogP contribution >= 0.6 is 0 Å². The van der Waals surface area contributed by atoms with Gasteiger partial charge in [0.1, 0.15) is 11.2 Å². The van der Waals surface area contributed by atoms with Crippen LogP contribution in [0.3, 0.4) is 0 Å². The first kappa shape index (κ1) is 31.9. The molecule has 0 atom stereocenters. The molecule has 0 aliphatic carbocycles. The summed E-state index contributed by atoms with van der Waals surface area (Å²) in [7, 11) is 0. The maximum atomic E-state index is 6.40. The third kappa shape index (κ3) is 5.53. The van der Waals surface area contributed by atoms with Gasteiger partial charge < -0.3 is 8.98 Å². The first-order chi connectivity index (χ1) is 26.7. The lowest BCUT2D eigenvalue weighted by atomic mass is 10.0. The standard InChI is InChI=1S/C49H36N4O/c1-2-3-14-32-25-27-34(28-26-32)48-50-47(33-15-5-4-6-16-33)51-49(52-48)36-18-13-17-35(29-36)37-19-7-10-22-42(37)53-43-23-11-8-20-38(43)40-30-41-39-21-9-12-24-45(39)54-46(41)31-44(40)53/h4-13,15-31H,2-3,14H2,1H3. The van der Waals surface area contributed by atoms with Crippen LogP contribution in [0.2, 0.25) is 0 Å². The lowest BCUT2D eigenvalue weighted by molar-refractivity contribution is 0.669. The van der Waals surface area contributed by atoms with Crippen molar-refractivity contribution in [3.8, 4) is 51.0 Å². The van der Waals surface area contributed by atoms with Gasteiger partial charge in [-0.15, -0.1) is 0 Å². The van der Waals surface area contributed by atoms with Gasteiger partial charge in [0.2, 0.25) is 0 Å². The Morgan fingerprint density at radius 1 is 0.463 bits per heavy atom. The summed E-state index contributed by atoms with van der Waals surface area (Å²) in [6.07, 6.45) is 3.42. The van der Waals surface area contributed by atoms with Crippen LogP contribution in [-0.4, -0.2) is 19.5 Å². The smallest absolute Gasteiger partial charge is 0.164 e. The van der Waals surface area contributed by atoms with Crippen LogP contribution in [0, 0.1) is 0 Å². The number of benzene rings is 7. The van der Waals surface area contributed by atoms with Gasteiger partial charge in [0.25, 0.3) is 0 Å². The average molecular weight is 697 g/mol. The van der Waals surface area contributed by atoms with Crippen molar-refractivity contribution in [2.75, 3.05) is 0 Å². The zero-order valence-corrected chi connectivity index (χ0v) is 29.9. The summed E-state index contributed by atoms with van der Waals surface area (Å²) in [5, 5.41) is 4.65. The van der Waals surface area contributed by atoms with Gasteiger partial charge in [-0.05, 0) is 54.3 Å². The van der Waals surface area contributed by atoms with Gasteiger partial charge in [0.15, 0.2) is 17.5 Å². The molecule has 0 fully saturated rings. The number of unbranched alkanes of at least 4 members (excludes halogenated alkanes) is 1. The van der Waals surface area contributed by atoms with Gasteiger partial charge in [-0.25, -0.2) is 15.0 Å². The predicted molar refractivity (Wildman–Crippen MR) is 222 cm³/mol. The van der Waals surface area contributed by atoms with E-state index in [1.54, 1.807) is 0 Å². The minimum Gasteiger partial charge on any atom is -0.456 e. The van der Waals surface area contributed by atoms with Crippen LogP contribution in [0.25, 0.3) is 94.7 Å². The molecule has 0 aliphatic heterocycles. The van der Waals surface area contributed by atoms with E-state index in [0.717, 1.165) is 72.9 Å². The first-order valence-corrected chi connectivity index (χ1v) is 18.7. The molecule has 0 saturated heterocycles. The summed E-state index contributed by atoms with van der Waals surface area (Å²) in [5.74, 6) is 1.95. The van der Waals surface area contributed by atoms with Crippen LogP contribution < -0.4 is 0 Å². The molecule has 0 saturated carbocycles. The molecule has 3 heterocycles. The predicted octanol–water partition coefficient (Wildman–Crippen LogP) is 12.9. The van der Waals surface area contributed by atoms with Crippen molar-refractivity contribution >= 4 is 43.7 Å². The molecule has 0 spiro atoms. The molecule has 3 aromatic heterocycles. The molecule has 258 valence electrons. The van der Waals surface area contributed by atoms with E-state index < -0.39 is 0 Å². The molecule has 0 aliphatic rings. The highest BCUT2D eigenvalue weighted by molar-refractivity contribution is 6.17. The van der Waals surface area contributed by atoms with E-state index in [0.29, 0.717) is 17.5 Å². The van der Waals surface area contributed by atoms with Crippen LogP contribution in [0.15, 0.2) is 168 Å². The summed E-state index contributed by atoms with van der Waals surface area (Å²) in [4.78, 5) is 15.1. The molecule has 0 bridgehead atoms. The lowest BCUT2D eigenvalue weighted by Crippen LogP contribution is -2.01. The molecule has 0 radical (unpaired) electrons. The SMILES string of the molecule is CCCCc1ccc(-c2nc(-c3ccccc3)nc(-c3cccc(-c4ccccc4-n4c5ccccc5c5cc6c(cc54)oc4ccccc46)c3)n2)cc1. The fourth-order valence-corrected chi connectivity index (χ4v) is 7.74. The number of fused-ring (bicyclic) bond motifs is 6. The number of nitrogens with zero attached hydrogens (tertiary/aromatic N) is 4. The maximum absolute atomic E-state index is 6.40. The second kappa shape index (κ2) is 13.3. The minimum absolute atomic E-state index is 0.636. The van der Waals surface area contributed by atoms with Crippen molar-refractivity contribution in [3.63, 3.8) is 0 Å². The molecular weight excluding hydrogens is 661 g/mol. The van der Waals surface area contributed by atoms with E-state index in [1.165, 1.54) is 29.2 Å². The van der Waals surface area contributed by atoms with E-state index in [4.69, 9.17) is 19.4 Å². The molecular formula is C49H36N4O. The highest BCUT2D eigenvalue weighted by Gasteiger charge is 2.19. The molecule has 0 unspecified atom stereocenters. The van der Waals surface area contributed by atoms with Crippen LogP contribution in [0.1, 0.15) is 25.3 Å². The van der Waals surface area contributed by atoms with Crippen molar-refractivity contribution in [3.05, 3.63) is 169 Å². The normalized spacial score (nSPS) is 11.6. The third-order valence-electron chi connectivity index (χ3n) is 10.4. The van der Waals surface area contributed by atoms with Crippen molar-refractivity contribution < 1.29 is 4.42 Å². The summed E-state index contributed by atoms with van der Waals surface area (Å²) in [6, 6.07) is 57.4. The van der Waals surface area contributed by atoms with Crippen LogP contribution in [-0.2, 0) is 6.42 Å². The average Bonchev–Trinajstić information content (AvgIpc) is 3.77. The lowest BCUT2D eigenvalue weighted by Gasteiger charge is -2.15. The summed E-state index contributed by atoms with van der Waals surface area (Å²) in [5.41, 5.74) is 11.5. The fraction of sp³-hybridized carbons (Fsp3) is 0.0816. The zero-order valence-electron chi connectivity index (χ0n) is 29.9. The molecule has 54 heavy (non-hydrogen) atoms. The second-order valence-electron chi connectivity index (χ2n) is 13.9. The van der Waals surface area contributed by atoms with Crippen molar-refractivity contribution in [1.29, 1.82) is 0 Å². The quantitative estimate of drug-likeness (QED) is 0.159. The number of para-hydroxylation sites is 3. The molecule has 10 aromatic rings. The Morgan fingerprint density at radius 2 is 1.11 bits per heavy atom. The van der Waals surface area contributed by atoms with E-state index in [9.17, 15) is 0 Å². The van der Waals surface area contributed by atoms with Crippen molar-refractivity contribution in [1.82, 2.24) is 19.5 Å². The largest absolute Gasteiger partial charge is 0.456 e. The topological polar surface area (TPSA) is 56.7 Å². The van der Waals surface area contributed by atoms with Gasteiger partial charge in [0.05, 0.1) is 16.7 Å². The molecule has 0 N–H and O–H groups in total. The Bertz CT molecular complexity index is 2980. The number of hydrogen-bond acceptors (Lipinski definition) is 4.